The van der Waals surface area contributed by atoms with Crippen LogP contribution in [0.25, 0.3) is 0 Å². The van der Waals surface area contributed by atoms with Gasteiger partial charge in [0.1, 0.15) is 0 Å². The summed E-state index contributed by atoms with van der Waals surface area (Å²) in [6.07, 6.45) is 0.790. The largest absolute Gasteiger partial charge is 0.480 e. The summed E-state index contributed by atoms with van der Waals surface area (Å²) in [5.74, 6) is -6.41. The molecule has 1 aliphatic rings. The number of carboxylic acids is 4. The summed E-state index contributed by atoms with van der Waals surface area (Å²) in [7, 11) is 0. The molecule has 1 heterocycles. The summed E-state index contributed by atoms with van der Waals surface area (Å²) < 4.78 is 0. The maximum atomic E-state index is 12.4. The Morgan fingerprint density at radius 1 is 0.723 bits per heavy atom. The minimum atomic E-state index is -1.85. The van der Waals surface area contributed by atoms with Crippen LogP contribution in [0.4, 0.5) is 5.69 Å². The summed E-state index contributed by atoms with van der Waals surface area (Å²) in [5, 5.41) is 58.9. The maximum Gasteiger partial charge on any atom is 0.317 e. The Labute approximate surface area is 269 Å². The van der Waals surface area contributed by atoms with Gasteiger partial charge in [-0.3, -0.25) is 53.2 Å². The number of aliphatic hydroxyl groups excluding tert-OH is 1. The molecule has 1 aromatic carbocycles. The number of anilines is 1. The van der Waals surface area contributed by atoms with Crippen molar-refractivity contribution in [3.63, 3.8) is 0 Å². The highest BCUT2D eigenvalue weighted by Gasteiger charge is 2.27. The number of hydrogen-bond donors (Lipinski definition) is 7. The van der Waals surface area contributed by atoms with E-state index in [2.05, 4.69) is 5.32 Å². The van der Waals surface area contributed by atoms with Crippen molar-refractivity contribution >= 4 is 47.3 Å². The topological polar surface area (TPSA) is 266 Å². The van der Waals surface area contributed by atoms with Crippen LogP contribution < -0.4 is 5.32 Å². The standard InChI is InChI=1S/C29H39N5O13/c35-22(2-1-9-34-23(36)7-8-24(34)37)30-20-5-3-19(4-6-20)12-21(33(17-28(44)45)18-29(46)47)13-31(14-25(38)39)10-11-32(15-26(40)41)16-27(42)43/h3-8,21,26,40-41H,1-2,9-18H2,(H,30,35)(H,38,39)(H,42,43)(H,44,45)(H,46,47)/t21-/m1/s1. The number of amides is 3. The number of nitrogens with one attached hydrogen (secondary N) is 1. The first-order valence-corrected chi connectivity index (χ1v) is 14.5. The van der Waals surface area contributed by atoms with Gasteiger partial charge in [-0.15, -0.1) is 0 Å². The highest BCUT2D eigenvalue weighted by atomic mass is 16.5. The number of imide groups is 1. The van der Waals surface area contributed by atoms with E-state index in [-0.39, 0.29) is 51.3 Å². The van der Waals surface area contributed by atoms with E-state index < -0.39 is 80.7 Å². The lowest BCUT2D eigenvalue weighted by molar-refractivity contribution is -0.144. The molecule has 2 rings (SSSR count). The molecule has 0 saturated carbocycles. The summed E-state index contributed by atoms with van der Waals surface area (Å²) in [4.78, 5) is 86.5. The molecule has 0 spiro atoms. The number of nitrogens with zero attached hydrogens (tertiary/aromatic N) is 4. The zero-order chi connectivity index (χ0) is 35.1. The third-order valence-corrected chi connectivity index (χ3v) is 6.93. The van der Waals surface area contributed by atoms with E-state index in [1.54, 1.807) is 24.3 Å². The number of carbonyl (C=O) groups is 7. The van der Waals surface area contributed by atoms with Crippen LogP contribution in [0.1, 0.15) is 18.4 Å². The Hall–Kier alpha value is -4.75. The van der Waals surface area contributed by atoms with Gasteiger partial charge in [0.15, 0.2) is 6.29 Å². The number of rotatable bonds is 23. The van der Waals surface area contributed by atoms with Crippen LogP contribution in [0.3, 0.4) is 0 Å². The number of carboxylic acid groups (broad SMARTS) is 4. The van der Waals surface area contributed by atoms with Gasteiger partial charge in [0, 0.05) is 63.0 Å². The highest BCUT2D eigenvalue weighted by molar-refractivity contribution is 6.12. The average molecular weight is 666 g/mol. The Bertz CT molecular complexity index is 1280. The van der Waals surface area contributed by atoms with Crippen LogP contribution in [0.5, 0.6) is 0 Å². The molecule has 0 aliphatic carbocycles. The first kappa shape index (κ1) is 38.4. The van der Waals surface area contributed by atoms with E-state index in [4.69, 9.17) is 5.11 Å². The fourth-order valence-corrected chi connectivity index (χ4v) is 4.90. The normalized spacial score (nSPS) is 13.6. The van der Waals surface area contributed by atoms with Crippen molar-refractivity contribution in [2.24, 2.45) is 0 Å². The molecule has 0 unspecified atom stereocenters. The second-order valence-corrected chi connectivity index (χ2v) is 10.8. The van der Waals surface area contributed by atoms with Gasteiger partial charge in [0.05, 0.1) is 26.2 Å². The fraction of sp³-hybridized carbons (Fsp3) is 0.483. The van der Waals surface area contributed by atoms with Crippen LogP contribution in [-0.2, 0) is 40.0 Å². The van der Waals surface area contributed by atoms with Crippen molar-refractivity contribution < 1.29 is 64.2 Å². The average Bonchev–Trinajstić information content (AvgIpc) is 3.27. The Morgan fingerprint density at radius 2 is 1.21 bits per heavy atom. The minimum absolute atomic E-state index is 0.0286. The third-order valence-electron chi connectivity index (χ3n) is 6.93. The van der Waals surface area contributed by atoms with Crippen molar-refractivity contribution in [3.05, 3.63) is 42.0 Å². The van der Waals surface area contributed by atoms with Crippen molar-refractivity contribution in [3.8, 4) is 0 Å². The molecule has 0 bridgehead atoms. The first-order valence-electron chi connectivity index (χ1n) is 14.5. The van der Waals surface area contributed by atoms with Gasteiger partial charge in [-0.1, -0.05) is 12.1 Å². The number of aliphatic hydroxyl groups is 2. The third kappa shape index (κ3) is 14.9. The molecule has 1 aromatic rings. The van der Waals surface area contributed by atoms with Crippen LogP contribution in [0.15, 0.2) is 36.4 Å². The molecule has 18 heteroatoms. The monoisotopic (exact) mass is 665 g/mol. The van der Waals surface area contributed by atoms with Gasteiger partial charge >= 0.3 is 23.9 Å². The SMILES string of the molecule is O=C(O)CN(CCN(CC(=O)O)C[C@@H](Cc1ccc(NC(=O)CCCN2C(=O)C=CC2=O)cc1)N(CC(=O)O)CC(=O)O)CC(O)O. The molecule has 0 saturated heterocycles. The van der Waals surface area contributed by atoms with Crippen LogP contribution in [-0.4, -0.2) is 163 Å². The van der Waals surface area contributed by atoms with Crippen molar-refractivity contribution in [1.29, 1.82) is 0 Å². The van der Waals surface area contributed by atoms with Crippen molar-refractivity contribution in [2.45, 2.75) is 31.6 Å². The number of carbonyl (C=O) groups excluding carboxylic acids is 3. The molecule has 47 heavy (non-hydrogen) atoms. The molecule has 0 radical (unpaired) electrons. The van der Waals surface area contributed by atoms with Crippen LogP contribution in [0.2, 0.25) is 0 Å². The smallest absolute Gasteiger partial charge is 0.317 e. The second kappa shape index (κ2) is 19.0. The second-order valence-electron chi connectivity index (χ2n) is 10.8. The van der Waals surface area contributed by atoms with Crippen molar-refractivity contribution in [1.82, 2.24) is 19.6 Å². The Kier molecular flexibility index (Phi) is 15.6. The van der Waals surface area contributed by atoms with E-state index >= 15 is 0 Å². The van der Waals surface area contributed by atoms with Gasteiger partial charge < -0.3 is 36.0 Å². The molecule has 0 aromatic heterocycles. The number of benzene rings is 1. The molecule has 0 fully saturated rings. The van der Waals surface area contributed by atoms with Gasteiger partial charge in [-0.2, -0.15) is 0 Å². The van der Waals surface area contributed by atoms with Crippen molar-refractivity contribution in [2.75, 3.05) is 64.2 Å². The first-order chi connectivity index (χ1) is 22.1. The van der Waals surface area contributed by atoms with Gasteiger partial charge in [-0.25, -0.2) is 0 Å². The Balaban J connectivity index is 2.16. The molecular formula is C29H39N5O13. The molecule has 1 atom stereocenters. The molecule has 18 nitrogen and oxygen atoms in total. The number of aliphatic carboxylic acids is 4. The summed E-state index contributed by atoms with van der Waals surface area (Å²) in [6.45, 7) is -3.17. The summed E-state index contributed by atoms with van der Waals surface area (Å²) in [5.41, 5.74) is 1.01. The molecule has 258 valence electrons. The number of hydrogen-bond acceptors (Lipinski definition) is 12. The fourth-order valence-electron chi connectivity index (χ4n) is 4.90. The van der Waals surface area contributed by atoms with E-state index in [0.717, 1.165) is 22.0 Å². The summed E-state index contributed by atoms with van der Waals surface area (Å²) in [6, 6.07) is 5.52. The van der Waals surface area contributed by atoms with Gasteiger partial charge in [-0.05, 0) is 30.5 Å². The van der Waals surface area contributed by atoms with Gasteiger partial charge in [0.25, 0.3) is 11.8 Å². The van der Waals surface area contributed by atoms with E-state index in [1.807, 2.05) is 0 Å². The van der Waals surface area contributed by atoms with E-state index in [1.165, 1.54) is 9.80 Å². The predicted octanol–water partition coefficient (Wildman–Crippen LogP) is -2.20. The zero-order valence-electron chi connectivity index (χ0n) is 25.4. The maximum absolute atomic E-state index is 12.4. The lowest BCUT2D eigenvalue weighted by Gasteiger charge is -2.34. The highest BCUT2D eigenvalue weighted by Crippen LogP contribution is 2.16. The molecular weight excluding hydrogens is 626 g/mol. The molecule has 1 aliphatic heterocycles. The minimum Gasteiger partial charge on any atom is -0.480 e. The molecule has 7 N–H and O–H groups in total. The summed E-state index contributed by atoms with van der Waals surface area (Å²) >= 11 is 0. The van der Waals surface area contributed by atoms with Crippen LogP contribution in [0, 0.1) is 0 Å². The Morgan fingerprint density at radius 3 is 1.68 bits per heavy atom. The van der Waals surface area contributed by atoms with E-state index in [0.29, 0.717) is 11.3 Å². The van der Waals surface area contributed by atoms with Gasteiger partial charge in [0.2, 0.25) is 5.91 Å². The zero-order valence-corrected chi connectivity index (χ0v) is 25.4. The lowest BCUT2D eigenvalue weighted by Crippen LogP contribution is -2.51. The molecule has 3 amide bonds. The van der Waals surface area contributed by atoms with Crippen LogP contribution >= 0.6 is 0 Å². The quantitative estimate of drug-likeness (QED) is 0.0483. The lowest BCUT2D eigenvalue weighted by atomic mass is 10.0. The van der Waals surface area contributed by atoms with E-state index in [9.17, 15) is 59.1 Å². The predicted molar refractivity (Wildman–Crippen MR) is 161 cm³/mol.